The van der Waals surface area contributed by atoms with Gasteiger partial charge in [-0.15, -0.1) is 0 Å². The average molecular weight is 274 g/mol. The number of hydrogen-bond acceptors (Lipinski definition) is 5. The standard InChI is InChI=1S/C12H26N4OS/c1-3-18-10-4-5-15-6-8-16(9-7-15)11(2)12(13)14-17/h11,17H,3-10H2,1-2H3,(H2,13,14). The molecule has 1 aliphatic rings. The highest BCUT2D eigenvalue weighted by atomic mass is 32.2. The first-order valence-electron chi connectivity index (χ1n) is 6.70. The van der Waals surface area contributed by atoms with E-state index in [2.05, 4.69) is 21.9 Å². The second-order valence-electron chi connectivity index (χ2n) is 4.63. The maximum absolute atomic E-state index is 8.68. The van der Waals surface area contributed by atoms with Crippen molar-refractivity contribution in [1.82, 2.24) is 9.80 Å². The van der Waals surface area contributed by atoms with E-state index in [4.69, 9.17) is 10.9 Å². The maximum atomic E-state index is 8.68. The van der Waals surface area contributed by atoms with Crippen LogP contribution in [-0.4, -0.2) is 71.1 Å². The van der Waals surface area contributed by atoms with Gasteiger partial charge in [-0.05, 0) is 31.4 Å². The monoisotopic (exact) mass is 274 g/mol. The van der Waals surface area contributed by atoms with Crippen molar-refractivity contribution < 1.29 is 5.21 Å². The van der Waals surface area contributed by atoms with Gasteiger partial charge in [0.25, 0.3) is 0 Å². The van der Waals surface area contributed by atoms with Crippen molar-refractivity contribution >= 4 is 17.6 Å². The Balaban J connectivity index is 2.20. The van der Waals surface area contributed by atoms with Gasteiger partial charge in [0.1, 0.15) is 0 Å². The number of piperazine rings is 1. The van der Waals surface area contributed by atoms with Crippen LogP contribution in [0.15, 0.2) is 5.16 Å². The molecule has 1 unspecified atom stereocenters. The zero-order valence-corrected chi connectivity index (χ0v) is 12.3. The van der Waals surface area contributed by atoms with E-state index >= 15 is 0 Å². The molecule has 0 saturated carbocycles. The molecular formula is C12H26N4OS. The lowest BCUT2D eigenvalue weighted by Crippen LogP contribution is -2.53. The van der Waals surface area contributed by atoms with Gasteiger partial charge in [0.05, 0.1) is 6.04 Å². The zero-order valence-electron chi connectivity index (χ0n) is 11.5. The van der Waals surface area contributed by atoms with Crippen molar-refractivity contribution in [2.24, 2.45) is 10.9 Å². The van der Waals surface area contributed by atoms with Gasteiger partial charge in [-0.25, -0.2) is 0 Å². The third-order valence-electron chi connectivity index (χ3n) is 3.47. The summed E-state index contributed by atoms with van der Waals surface area (Å²) in [6, 6.07) is 0.0350. The lowest BCUT2D eigenvalue weighted by molar-refractivity contribution is 0.121. The Morgan fingerprint density at radius 3 is 2.61 bits per heavy atom. The van der Waals surface area contributed by atoms with Crippen LogP contribution in [0.4, 0.5) is 0 Å². The molecule has 106 valence electrons. The van der Waals surface area contributed by atoms with E-state index in [9.17, 15) is 0 Å². The van der Waals surface area contributed by atoms with Gasteiger partial charge in [-0.1, -0.05) is 12.1 Å². The van der Waals surface area contributed by atoms with Crippen LogP contribution >= 0.6 is 11.8 Å². The molecule has 1 aliphatic heterocycles. The lowest BCUT2D eigenvalue weighted by Gasteiger charge is -2.37. The number of thioether (sulfide) groups is 1. The number of rotatable bonds is 7. The summed E-state index contributed by atoms with van der Waals surface area (Å²) in [4.78, 5) is 4.78. The molecule has 1 atom stereocenters. The summed E-state index contributed by atoms with van der Waals surface area (Å²) in [5, 5.41) is 11.8. The van der Waals surface area contributed by atoms with E-state index in [1.807, 2.05) is 18.7 Å². The minimum absolute atomic E-state index is 0.0350. The van der Waals surface area contributed by atoms with E-state index < -0.39 is 0 Å². The fraction of sp³-hybridized carbons (Fsp3) is 0.917. The second kappa shape index (κ2) is 8.61. The predicted octanol–water partition coefficient (Wildman–Crippen LogP) is 0.882. The summed E-state index contributed by atoms with van der Waals surface area (Å²) in [5.74, 6) is 2.78. The number of hydrogen-bond donors (Lipinski definition) is 2. The molecule has 0 aromatic carbocycles. The van der Waals surface area contributed by atoms with E-state index in [-0.39, 0.29) is 6.04 Å². The highest BCUT2D eigenvalue weighted by molar-refractivity contribution is 7.99. The first kappa shape index (κ1) is 15.6. The van der Waals surface area contributed by atoms with Crippen LogP contribution in [0.2, 0.25) is 0 Å². The van der Waals surface area contributed by atoms with Gasteiger partial charge < -0.3 is 15.8 Å². The van der Waals surface area contributed by atoms with Crippen molar-refractivity contribution in [1.29, 1.82) is 0 Å². The summed E-state index contributed by atoms with van der Waals surface area (Å²) in [5.41, 5.74) is 5.64. The smallest absolute Gasteiger partial charge is 0.156 e. The first-order chi connectivity index (χ1) is 8.69. The van der Waals surface area contributed by atoms with E-state index in [0.29, 0.717) is 5.84 Å². The molecule has 0 aromatic rings. The quantitative estimate of drug-likeness (QED) is 0.237. The molecule has 0 spiro atoms. The number of amidine groups is 1. The van der Waals surface area contributed by atoms with Crippen LogP contribution < -0.4 is 5.73 Å². The van der Waals surface area contributed by atoms with E-state index in [1.165, 1.54) is 24.5 Å². The van der Waals surface area contributed by atoms with Gasteiger partial charge in [0, 0.05) is 26.2 Å². The molecule has 0 amide bonds. The molecule has 1 fully saturated rings. The molecule has 0 aromatic heterocycles. The van der Waals surface area contributed by atoms with E-state index in [0.717, 1.165) is 26.2 Å². The molecule has 0 bridgehead atoms. The summed E-state index contributed by atoms with van der Waals surface area (Å²) in [6.07, 6.45) is 1.27. The molecule has 0 aliphatic carbocycles. The summed E-state index contributed by atoms with van der Waals surface area (Å²) in [7, 11) is 0. The molecule has 1 heterocycles. The normalized spacial score (nSPS) is 21.1. The van der Waals surface area contributed by atoms with Crippen LogP contribution in [-0.2, 0) is 0 Å². The van der Waals surface area contributed by atoms with Gasteiger partial charge in [-0.3, -0.25) is 4.90 Å². The van der Waals surface area contributed by atoms with Crippen molar-refractivity contribution in [3.8, 4) is 0 Å². The Bertz CT molecular complexity index is 254. The minimum Gasteiger partial charge on any atom is -0.409 e. The molecule has 1 saturated heterocycles. The molecule has 5 nitrogen and oxygen atoms in total. The summed E-state index contributed by atoms with van der Waals surface area (Å²) >= 11 is 2.01. The van der Waals surface area contributed by atoms with Crippen molar-refractivity contribution in [2.75, 3.05) is 44.2 Å². The largest absolute Gasteiger partial charge is 0.409 e. The summed E-state index contributed by atoms with van der Waals surface area (Å²) in [6.45, 7) is 9.55. The topological polar surface area (TPSA) is 65.1 Å². The van der Waals surface area contributed by atoms with E-state index in [1.54, 1.807) is 0 Å². The first-order valence-corrected chi connectivity index (χ1v) is 7.86. The molecule has 0 radical (unpaired) electrons. The fourth-order valence-corrected chi connectivity index (χ4v) is 2.80. The molecule has 6 heteroatoms. The maximum Gasteiger partial charge on any atom is 0.156 e. The molecule has 18 heavy (non-hydrogen) atoms. The van der Waals surface area contributed by atoms with Gasteiger partial charge >= 0.3 is 0 Å². The Morgan fingerprint density at radius 2 is 2.06 bits per heavy atom. The van der Waals surface area contributed by atoms with Crippen molar-refractivity contribution in [3.63, 3.8) is 0 Å². The van der Waals surface area contributed by atoms with Crippen molar-refractivity contribution in [3.05, 3.63) is 0 Å². The predicted molar refractivity (Wildman–Crippen MR) is 78.5 cm³/mol. The lowest BCUT2D eigenvalue weighted by atomic mass is 10.2. The van der Waals surface area contributed by atoms with Crippen LogP contribution in [0.5, 0.6) is 0 Å². The highest BCUT2D eigenvalue weighted by Gasteiger charge is 2.22. The zero-order chi connectivity index (χ0) is 13.4. The SMILES string of the molecule is CCSCCCN1CCN(C(C)C(N)=NO)CC1. The number of nitrogens with zero attached hydrogens (tertiary/aromatic N) is 3. The third-order valence-corrected chi connectivity index (χ3v) is 4.45. The van der Waals surface area contributed by atoms with Crippen LogP contribution in [0.25, 0.3) is 0 Å². The Morgan fingerprint density at radius 1 is 1.39 bits per heavy atom. The van der Waals surface area contributed by atoms with Crippen molar-refractivity contribution in [2.45, 2.75) is 26.3 Å². The average Bonchev–Trinajstić information content (AvgIpc) is 2.42. The summed E-state index contributed by atoms with van der Waals surface area (Å²) < 4.78 is 0. The Kier molecular flexibility index (Phi) is 7.46. The minimum atomic E-state index is 0.0350. The molecular weight excluding hydrogens is 248 g/mol. The molecule has 1 rings (SSSR count). The third kappa shape index (κ3) is 5.04. The van der Waals surface area contributed by atoms with Crippen LogP contribution in [0.1, 0.15) is 20.3 Å². The Hall–Kier alpha value is -0.460. The molecule has 3 N–H and O–H groups in total. The van der Waals surface area contributed by atoms with Gasteiger partial charge in [0.15, 0.2) is 5.84 Å². The van der Waals surface area contributed by atoms with Crippen LogP contribution in [0.3, 0.4) is 0 Å². The van der Waals surface area contributed by atoms with Crippen LogP contribution in [0, 0.1) is 0 Å². The highest BCUT2D eigenvalue weighted by Crippen LogP contribution is 2.08. The van der Waals surface area contributed by atoms with Gasteiger partial charge in [-0.2, -0.15) is 11.8 Å². The Labute approximate surface area is 114 Å². The fourth-order valence-electron chi connectivity index (χ4n) is 2.18. The van der Waals surface area contributed by atoms with Gasteiger partial charge in [0.2, 0.25) is 0 Å². The number of nitrogens with two attached hydrogens (primary N) is 1. The number of oxime groups is 1. The second-order valence-corrected chi connectivity index (χ2v) is 6.02.